The first-order chi connectivity index (χ1) is 15.2. The van der Waals surface area contributed by atoms with Crippen molar-refractivity contribution in [1.82, 2.24) is 9.80 Å². The van der Waals surface area contributed by atoms with Gasteiger partial charge in [-0.15, -0.1) is 0 Å². The number of esters is 2. The Kier molecular flexibility index (Phi) is 5.50. The van der Waals surface area contributed by atoms with E-state index in [9.17, 15) is 9.59 Å². The normalized spacial score (nSPS) is 30.5. The molecule has 2 aromatic carbocycles. The van der Waals surface area contributed by atoms with E-state index in [2.05, 4.69) is 34.1 Å². The molecule has 0 radical (unpaired) electrons. The lowest BCUT2D eigenvalue weighted by molar-refractivity contribution is -0.158. The van der Waals surface area contributed by atoms with Crippen LogP contribution in [0.2, 0.25) is 0 Å². The molecule has 6 heteroatoms. The van der Waals surface area contributed by atoms with Crippen molar-refractivity contribution in [3.63, 3.8) is 0 Å². The third kappa shape index (κ3) is 3.54. The van der Waals surface area contributed by atoms with E-state index in [1.54, 1.807) is 0 Å². The van der Waals surface area contributed by atoms with Gasteiger partial charge in [-0.2, -0.15) is 0 Å². The molecule has 0 N–H and O–H groups in total. The SMILES string of the molecule is CCOC(=O)[C@@H]1[C@H]2CCOC(=O)[C@H]2N2[C@@H](c3ccccc3)CN(Cc3ccccc3)[C@H]12. The molecule has 0 bridgehead atoms. The summed E-state index contributed by atoms with van der Waals surface area (Å²) in [6.45, 7) is 4.00. The predicted molar refractivity (Wildman–Crippen MR) is 115 cm³/mol. The Morgan fingerprint density at radius 2 is 1.81 bits per heavy atom. The predicted octanol–water partition coefficient (Wildman–Crippen LogP) is 3.00. The molecule has 0 unspecified atom stereocenters. The van der Waals surface area contributed by atoms with Crippen molar-refractivity contribution in [3.8, 4) is 0 Å². The van der Waals surface area contributed by atoms with E-state index in [0.29, 0.717) is 19.6 Å². The highest BCUT2D eigenvalue weighted by atomic mass is 16.5. The fourth-order valence-corrected chi connectivity index (χ4v) is 5.69. The molecular weight excluding hydrogens is 392 g/mol. The summed E-state index contributed by atoms with van der Waals surface area (Å²) in [6.07, 6.45) is 0.498. The van der Waals surface area contributed by atoms with E-state index in [0.717, 1.165) is 18.7 Å². The summed E-state index contributed by atoms with van der Waals surface area (Å²) in [5.74, 6) is -0.868. The van der Waals surface area contributed by atoms with Gasteiger partial charge in [-0.05, 0) is 24.5 Å². The first-order valence-electron chi connectivity index (χ1n) is 11.1. The van der Waals surface area contributed by atoms with Crippen molar-refractivity contribution < 1.29 is 19.1 Å². The van der Waals surface area contributed by atoms with Crippen LogP contribution in [0.1, 0.15) is 30.5 Å². The maximum atomic E-state index is 13.2. The lowest BCUT2D eigenvalue weighted by Gasteiger charge is -2.33. The molecular formula is C25H28N2O4. The average Bonchev–Trinajstić information content (AvgIpc) is 3.32. The van der Waals surface area contributed by atoms with Gasteiger partial charge in [0.1, 0.15) is 6.04 Å². The first-order valence-corrected chi connectivity index (χ1v) is 11.1. The second kappa shape index (κ2) is 8.44. The standard InChI is InChI=1S/C25H28N2O4/c1-2-30-24(28)21-19-13-14-31-25(29)22(19)27-20(18-11-7-4-8-12-18)16-26(23(21)27)15-17-9-5-3-6-10-17/h3-12,19-23H,2,13-16H2,1H3/t19-,20-,21-,22+,23+/m1/s1. The van der Waals surface area contributed by atoms with Gasteiger partial charge in [0.05, 0.1) is 25.3 Å². The molecule has 3 saturated heterocycles. The summed E-state index contributed by atoms with van der Waals surface area (Å²) < 4.78 is 11.0. The summed E-state index contributed by atoms with van der Waals surface area (Å²) in [5.41, 5.74) is 2.35. The molecule has 5 rings (SSSR count). The van der Waals surface area contributed by atoms with Crippen molar-refractivity contribution in [2.45, 2.75) is 38.1 Å². The minimum Gasteiger partial charge on any atom is -0.466 e. The molecule has 2 aromatic rings. The molecule has 3 heterocycles. The van der Waals surface area contributed by atoms with Gasteiger partial charge in [0.25, 0.3) is 0 Å². The van der Waals surface area contributed by atoms with Gasteiger partial charge in [-0.25, -0.2) is 0 Å². The number of carbonyl (C=O) groups excluding carboxylic acids is 2. The second-order valence-electron chi connectivity index (χ2n) is 8.55. The van der Waals surface area contributed by atoms with E-state index >= 15 is 0 Å². The summed E-state index contributed by atoms with van der Waals surface area (Å²) in [6, 6.07) is 20.2. The van der Waals surface area contributed by atoms with Crippen LogP contribution in [0.25, 0.3) is 0 Å². The van der Waals surface area contributed by atoms with Crippen LogP contribution in [0.15, 0.2) is 60.7 Å². The molecule has 3 aliphatic heterocycles. The number of hydrogen-bond acceptors (Lipinski definition) is 6. The highest BCUT2D eigenvalue weighted by Crippen LogP contribution is 2.50. The number of hydrogen-bond donors (Lipinski definition) is 0. The van der Waals surface area contributed by atoms with Crippen molar-refractivity contribution in [2.24, 2.45) is 11.8 Å². The number of carbonyl (C=O) groups is 2. The molecule has 162 valence electrons. The Bertz CT molecular complexity index is 935. The monoisotopic (exact) mass is 420 g/mol. The Morgan fingerprint density at radius 3 is 2.52 bits per heavy atom. The quantitative estimate of drug-likeness (QED) is 0.693. The Balaban J connectivity index is 1.57. The van der Waals surface area contributed by atoms with E-state index in [1.165, 1.54) is 5.56 Å². The van der Waals surface area contributed by atoms with E-state index < -0.39 is 6.04 Å². The van der Waals surface area contributed by atoms with Gasteiger partial charge in [0.15, 0.2) is 0 Å². The molecule has 3 fully saturated rings. The summed E-state index contributed by atoms with van der Waals surface area (Å²) >= 11 is 0. The molecule has 6 nitrogen and oxygen atoms in total. The Hall–Kier alpha value is -2.70. The minimum atomic E-state index is -0.417. The summed E-state index contributed by atoms with van der Waals surface area (Å²) in [7, 11) is 0. The summed E-state index contributed by atoms with van der Waals surface area (Å²) in [4.78, 5) is 30.7. The molecule has 0 saturated carbocycles. The smallest absolute Gasteiger partial charge is 0.323 e. The number of nitrogens with zero attached hydrogens (tertiary/aromatic N) is 2. The van der Waals surface area contributed by atoms with Gasteiger partial charge in [-0.3, -0.25) is 19.4 Å². The molecule has 3 aliphatic rings. The van der Waals surface area contributed by atoms with E-state index in [4.69, 9.17) is 9.47 Å². The molecule has 0 amide bonds. The highest BCUT2D eigenvalue weighted by molar-refractivity contribution is 5.82. The number of fused-ring (bicyclic) bond motifs is 3. The lowest BCUT2D eigenvalue weighted by Crippen LogP contribution is -2.46. The third-order valence-corrected chi connectivity index (χ3v) is 6.86. The number of cyclic esters (lactones) is 1. The van der Waals surface area contributed by atoms with Crippen LogP contribution in [-0.4, -0.2) is 53.7 Å². The van der Waals surface area contributed by atoms with E-state index in [1.807, 2.05) is 43.3 Å². The van der Waals surface area contributed by atoms with Crippen LogP contribution in [0.3, 0.4) is 0 Å². The van der Waals surface area contributed by atoms with E-state index in [-0.39, 0.29) is 36.0 Å². The Labute approximate surface area is 182 Å². The van der Waals surface area contributed by atoms with Crippen molar-refractivity contribution >= 4 is 11.9 Å². The van der Waals surface area contributed by atoms with Gasteiger partial charge in [0, 0.05) is 25.0 Å². The zero-order chi connectivity index (χ0) is 21.4. The number of benzene rings is 2. The fraction of sp³-hybridized carbons (Fsp3) is 0.440. The second-order valence-corrected chi connectivity index (χ2v) is 8.55. The highest BCUT2D eigenvalue weighted by Gasteiger charge is 2.63. The fourth-order valence-electron chi connectivity index (χ4n) is 5.69. The maximum absolute atomic E-state index is 13.2. The zero-order valence-electron chi connectivity index (χ0n) is 17.7. The summed E-state index contributed by atoms with van der Waals surface area (Å²) in [5, 5.41) is 0. The van der Waals surface area contributed by atoms with Crippen LogP contribution in [-0.2, 0) is 25.6 Å². The largest absolute Gasteiger partial charge is 0.466 e. The minimum absolute atomic E-state index is 0.0208. The first kappa shape index (κ1) is 20.2. The third-order valence-electron chi connectivity index (χ3n) is 6.86. The maximum Gasteiger partial charge on any atom is 0.323 e. The molecule has 0 aromatic heterocycles. The lowest BCUT2D eigenvalue weighted by atomic mass is 9.84. The van der Waals surface area contributed by atoms with Crippen molar-refractivity contribution in [3.05, 3.63) is 71.8 Å². The number of ether oxygens (including phenoxy) is 2. The van der Waals surface area contributed by atoms with Gasteiger partial charge < -0.3 is 9.47 Å². The molecule has 0 aliphatic carbocycles. The van der Waals surface area contributed by atoms with Crippen molar-refractivity contribution in [2.75, 3.05) is 19.8 Å². The molecule has 31 heavy (non-hydrogen) atoms. The van der Waals surface area contributed by atoms with Crippen LogP contribution in [0, 0.1) is 11.8 Å². The van der Waals surface area contributed by atoms with Gasteiger partial charge >= 0.3 is 11.9 Å². The Morgan fingerprint density at radius 1 is 1.10 bits per heavy atom. The molecule has 5 atom stereocenters. The average molecular weight is 421 g/mol. The van der Waals surface area contributed by atoms with Gasteiger partial charge in [-0.1, -0.05) is 60.7 Å². The van der Waals surface area contributed by atoms with Crippen LogP contribution in [0.4, 0.5) is 0 Å². The van der Waals surface area contributed by atoms with Gasteiger partial charge in [0.2, 0.25) is 0 Å². The molecule has 0 spiro atoms. The zero-order valence-corrected chi connectivity index (χ0v) is 17.7. The number of rotatable bonds is 5. The van der Waals surface area contributed by atoms with Crippen LogP contribution >= 0.6 is 0 Å². The van der Waals surface area contributed by atoms with Crippen LogP contribution < -0.4 is 0 Å². The topological polar surface area (TPSA) is 59.1 Å². The van der Waals surface area contributed by atoms with Crippen molar-refractivity contribution in [1.29, 1.82) is 0 Å². The van der Waals surface area contributed by atoms with Crippen LogP contribution in [0.5, 0.6) is 0 Å².